The number of methoxy groups -OCH3 is 1. The average molecular weight is 461 g/mol. The highest BCUT2D eigenvalue weighted by Gasteiger charge is 2.19. The van der Waals surface area contributed by atoms with E-state index in [1.54, 1.807) is 30.0 Å². The molecule has 3 aromatic heterocycles. The van der Waals surface area contributed by atoms with Crippen molar-refractivity contribution in [2.75, 3.05) is 26.7 Å². The molecule has 0 aromatic carbocycles. The topological polar surface area (TPSA) is 72.5 Å². The molecule has 1 aliphatic heterocycles. The van der Waals surface area contributed by atoms with Crippen molar-refractivity contribution < 1.29 is 9.15 Å². The van der Waals surface area contributed by atoms with Crippen LogP contribution in [0.15, 0.2) is 50.4 Å². The van der Waals surface area contributed by atoms with Gasteiger partial charge in [-0.1, -0.05) is 0 Å². The van der Waals surface area contributed by atoms with Gasteiger partial charge >= 0.3 is 0 Å². The molecule has 3 aromatic rings. The molecular formula is C21H25BrN4O3. The zero-order chi connectivity index (χ0) is 20.2. The van der Waals surface area contributed by atoms with Crippen molar-refractivity contribution in [1.29, 1.82) is 0 Å². The van der Waals surface area contributed by atoms with Crippen molar-refractivity contribution in [3.05, 3.63) is 57.3 Å². The Morgan fingerprint density at radius 3 is 2.79 bits per heavy atom. The minimum atomic E-state index is -0.00582. The Balaban J connectivity index is 1.32. The Morgan fingerprint density at radius 2 is 2.07 bits per heavy atom. The van der Waals surface area contributed by atoms with Gasteiger partial charge in [-0.15, -0.1) is 0 Å². The molecule has 0 amide bonds. The molecule has 7 nitrogen and oxygen atoms in total. The Labute approximate surface area is 177 Å². The van der Waals surface area contributed by atoms with Gasteiger partial charge in [0.2, 0.25) is 0 Å². The highest BCUT2D eigenvalue weighted by atomic mass is 79.9. The summed E-state index contributed by atoms with van der Waals surface area (Å²) in [4.78, 5) is 19.2. The van der Waals surface area contributed by atoms with Gasteiger partial charge in [0.05, 0.1) is 30.9 Å². The maximum atomic E-state index is 12.4. The van der Waals surface area contributed by atoms with Crippen molar-refractivity contribution in [3.8, 4) is 5.75 Å². The number of rotatable bonds is 7. The van der Waals surface area contributed by atoms with Crippen molar-refractivity contribution in [3.63, 3.8) is 0 Å². The number of fused-ring (bicyclic) bond motifs is 1. The van der Waals surface area contributed by atoms with Crippen LogP contribution in [0, 0.1) is 0 Å². The minimum absolute atomic E-state index is 0.00582. The summed E-state index contributed by atoms with van der Waals surface area (Å²) >= 11 is 3.33. The fraction of sp³-hybridized carbons (Fsp3) is 0.429. The molecular weight excluding hydrogens is 436 g/mol. The van der Waals surface area contributed by atoms with Gasteiger partial charge in [0.1, 0.15) is 11.5 Å². The summed E-state index contributed by atoms with van der Waals surface area (Å²) in [6.45, 7) is 4.26. The van der Waals surface area contributed by atoms with E-state index in [1.807, 2.05) is 18.2 Å². The monoisotopic (exact) mass is 460 g/mol. The molecule has 4 rings (SSSR count). The van der Waals surface area contributed by atoms with Crippen LogP contribution in [-0.2, 0) is 13.1 Å². The van der Waals surface area contributed by atoms with Gasteiger partial charge in [0, 0.05) is 31.3 Å². The van der Waals surface area contributed by atoms with E-state index in [4.69, 9.17) is 9.15 Å². The van der Waals surface area contributed by atoms with E-state index in [-0.39, 0.29) is 5.56 Å². The number of pyridine rings is 2. The lowest BCUT2D eigenvalue weighted by molar-refractivity contribution is 0.190. The first kappa shape index (κ1) is 20.1. The fourth-order valence-electron chi connectivity index (χ4n) is 3.78. The lowest BCUT2D eigenvalue weighted by Gasteiger charge is -2.32. The lowest BCUT2D eigenvalue weighted by Crippen LogP contribution is -2.43. The lowest BCUT2D eigenvalue weighted by atomic mass is 10.1. The number of nitrogens with one attached hydrogen (secondary N) is 1. The minimum Gasteiger partial charge on any atom is -0.495 e. The number of ether oxygens (including phenoxy) is 1. The second-order valence-electron chi connectivity index (χ2n) is 7.31. The van der Waals surface area contributed by atoms with Crippen LogP contribution in [0.3, 0.4) is 0 Å². The summed E-state index contributed by atoms with van der Waals surface area (Å²) in [6, 6.07) is 9.63. The Kier molecular flexibility index (Phi) is 6.32. The predicted molar refractivity (Wildman–Crippen MR) is 115 cm³/mol. The van der Waals surface area contributed by atoms with Crippen molar-refractivity contribution in [2.45, 2.75) is 32.0 Å². The molecule has 0 radical (unpaired) electrons. The second kappa shape index (κ2) is 9.11. The molecule has 1 saturated heterocycles. The third-order valence-corrected chi connectivity index (χ3v) is 5.90. The maximum absolute atomic E-state index is 12.4. The summed E-state index contributed by atoms with van der Waals surface area (Å²) in [5, 5.41) is 3.57. The molecule has 8 heteroatoms. The van der Waals surface area contributed by atoms with Gasteiger partial charge in [0.15, 0.2) is 4.67 Å². The van der Waals surface area contributed by atoms with E-state index >= 15 is 0 Å². The van der Waals surface area contributed by atoms with Crippen LogP contribution in [0.4, 0.5) is 0 Å². The third kappa shape index (κ3) is 4.88. The summed E-state index contributed by atoms with van der Waals surface area (Å²) in [5.41, 5.74) is 1.62. The van der Waals surface area contributed by atoms with Crippen LogP contribution in [0.25, 0.3) is 11.0 Å². The molecule has 0 atom stereocenters. The zero-order valence-electron chi connectivity index (χ0n) is 16.4. The molecule has 4 heterocycles. The molecule has 0 aliphatic carbocycles. The molecule has 1 N–H and O–H groups in total. The number of hydrogen-bond donors (Lipinski definition) is 1. The number of nitrogens with zero attached hydrogens (tertiary/aromatic N) is 3. The first-order valence-corrected chi connectivity index (χ1v) is 10.7. The molecule has 0 spiro atoms. The fourth-order valence-corrected chi connectivity index (χ4v) is 4.12. The molecule has 0 unspecified atom stereocenters. The van der Waals surface area contributed by atoms with Gasteiger partial charge in [-0.2, -0.15) is 0 Å². The van der Waals surface area contributed by atoms with Crippen molar-refractivity contribution in [1.82, 2.24) is 19.8 Å². The summed E-state index contributed by atoms with van der Waals surface area (Å²) in [6.07, 6.45) is 3.85. The second-order valence-corrected chi connectivity index (χ2v) is 8.09. The van der Waals surface area contributed by atoms with Crippen LogP contribution in [0.5, 0.6) is 5.75 Å². The number of hydrogen-bond acceptors (Lipinski definition) is 6. The van der Waals surface area contributed by atoms with Crippen LogP contribution >= 0.6 is 15.9 Å². The largest absolute Gasteiger partial charge is 0.495 e. The number of piperidine rings is 1. The van der Waals surface area contributed by atoms with Crippen LogP contribution in [0.2, 0.25) is 0 Å². The molecule has 154 valence electrons. The van der Waals surface area contributed by atoms with Crippen molar-refractivity contribution >= 4 is 27.0 Å². The number of aromatic nitrogens is 2. The number of furan rings is 1. The summed E-state index contributed by atoms with van der Waals surface area (Å²) < 4.78 is 13.4. The van der Waals surface area contributed by atoms with Crippen LogP contribution < -0.4 is 15.6 Å². The van der Waals surface area contributed by atoms with Gasteiger partial charge in [-0.05, 0) is 60.1 Å². The van der Waals surface area contributed by atoms with Crippen LogP contribution in [0.1, 0.15) is 18.6 Å². The summed E-state index contributed by atoms with van der Waals surface area (Å²) in [5.74, 6) is 1.60. The van der Waals surface area contributed by atoms with E-state index in [0.29, 0.717) is 18.3 Å². The maximum Gasteiger partial charge on any atom is 0.251 e. The standard InChI is InChI=1S/C21H25BrN4O3/c1-28-17-12-19-18(24-14-17)3-5-21(27)26(19)11-10-25-8-6-15(7-9-25)23-13-16-2-4-20(22)29-16/h2-5,12,14-15,23H,6-11,13H2,1H3. The first-order valence-electron chi connectivity index (χ1n) is 9.86. The number of halogens is 1. The number of likely N-dealkylation sites (tertiary alicyclic amines) is 1. The SMILES string of the molecule is COc1cnc2ccc(=O)n(CCN3CCC(NCc4ccc(Br)o4)CC3)c2c1. The smallest absolute Gasteiger partial charge is 0.251 e. The van der Waals surface area contributed by atoms with Crippen LogP contribution in [-0.4, -0.2) is 47.2 Å². The highest BCUT2D eigenvalue weighted by Crippen LogP contribution is 2.18. The molecule has 1 fully saturated rings. The first-order chi connectivity index (χ1) is 14.1. The predicted octanol–water partition coefficient (Wildman–Crippen LogP) is 3.01. The van der Waals surface area contributed by atoms with E-state index in [2.05, 4.69) is 31.1 Å². The molecule has 1 aliphatic rings. The van der Waals surface area contributed by atoms with Crippen molar-refractivity contribution in [2.24, 2.45) is 0 Å². The molecule has 29 heavy (non-hydrogen) atoms. The Morgan fingerprint density at radius 1 is 1.24 bits per heavy atom. The van der Waals surface area contributed by atoms with E-state index in [0.717, 1.165) is 60.5 Å². The Hall–Kier alpha value is -2.16. The summed E-state index contributed by atoms with van der Waals surface area (Å²) in [7, 11) is 1.61. The highest BCUT2D eigenvalue weighted by molar-refractivity contribution is 9.10. The molecule has 0 saturated carbocycles. The van der Waals surface area contributed by atoms with Gasteiger partial charge in [-0.25, -0.2) is 0 Å². The normalized spacial score (nSPS) is 15.8. The molecule has 0 bridgehead atoms. The van der Waals surface area contributed by atoms with E-state index < -0.39 is 0 Å². The Bertz CT molecular complexity index is 1020. The quantitative estimate of drug-likeness (QED) is 0.584. The van der Waals surface area contributed by atoms with Gasteiger partial charge in [0.25, 0.3) is 5.56 Å². The van der Waals surface area contributed by atoms with E-state index in [1.165, 1.54) is 0 Å². The van der Waals surface area contributed by atoms with E-state index in [9.17, 15) is 4.79 Å². The third-order valence-electron chi connectivity index (χ3n) is 5.47. The average Bonchev–Trinajstić information content (AvgIpc) is 3.17. The van der Waals surface area contributed by atoms with Gasteiger partial charge < -0.3 is 23.9 Å². The van der Waals surface area contributed by atoms with Gasteiger partial charge in [-0.3, -0.25) is 9.78 Å². The zero-order valence-corrected chi connectivity index (χ0v) is 18.0.